The van der Waals surface area contributed by atoms with Crippen LogP contribution in [0.5, 0.6) is 0 Å². The first kappa shape index (κ1) is 14.2. The molecule has 1 fully saturated rings. The summed E-state index contributed by atoms with van der Waals surface area (Å²) < 4.78 is 29.1. The molecule has 2 aromatic rings. The topological polar surface area (TPSA) is 74.3 Å². The summed E-state index contributed by atoms with van der Waals surface area (Å²) in [6.07, 6.45) is 0. The average molecular weight is 306 g/mol. The Kier molecular flexibility index (Phi) is 3.79. The third kappa shape index (κ3) is 2.99. The summed E-state index contributed by atoms with van der Waals surface area (Å²) in [7, 11) is -3.53. The Morgan fingerprint density at radius 1 is 1.24 bits per heavy atom. The van der Waals surface area contributed by atoms with Crippen molar-refractivity contribution < 1.29 is 8.42 Å². The van der Waals surface area contributed by atoms with E-state index in [9.17, 15) is 8.42 Å². The maximum absolute atomic E-state index is 12.5. The Labute approximate surface area is 124 Å². The van der Waals surface area contributed by atoms with Crippen LogP contribution in [0.1, 0.15) is 5.69 Å². The number of hydrogen-bond acceptors (Lipinski definition) is 4. The van der Waals surface area contributed by atoms with Gasteiger partial charge in [-0.25, -0.2) is 0 Å². The highest BCUT2D eigenvalue weighted by Gasteiger charge is 2.24. The van der Waals surface area contributed by atoms with Crippen molar-refractivity contribution in [2.45, 2.75) is 6.92 Å². The van der Waals surface area contributed by atoms with Crippen LogP contribution in [0.15, 0.2) is 30.3 Å². The minimum Gasteiger partial charge on any atom is -0.314 e. The van der Waals surface area contributed by atoms with Crippen LogP contribution in [0.2, 0.25) is 0 Å². The predicted molar refractivity (Wildman–Crippen MR) is 83.5 cm³/mol. The summed E-state index contributed by atoms with van der Waals surface area (Å²) in [5.41, 5.74) is 2.15. The van der Waals surface area contributed by atoms with Crippen LogP contribution in [-0.2, 0) is 10.2 Å². The van der Waals surface area contributed by atoms with Crippen LogP contribution >= 0.6 is 0 Å². The molecule has 1 aliphatic rings. The van der Waals surface area contributed by atoms with E-state index < -0.39 is 10.2 Å². The first-order valence-corrected chi connectivity index (χ1v) is 8.35. The smallest absolute Gasteiger partial charge is 0.301 e. The van der Waals surface area contributed by atoms with E-state index in [4.69, 9.17) is 0 Å². The summed E-state index contributed by atoms with van der Waals surface area (Å²) in [5.74, 6) is 0. The predicted octanol–water partition coefficient (Wildman–Crippen LogP) is 1.11. The second-order valence-corrected chi connectivity index (χ2v) is 6.76. The van der Waals surface area contributed by atoms with Crippen molar-refractivity contribution in [1.29, 1.82) is 0 Å². The molecule has 0 unspecified atom stereocenters. The number of nitrogens with one attached hydrogen (secondary N) is 2. The second-order valence-electron chi connectivity index (χ2n) is 5.08. The number of benzene rings is 1. The number of anilines is 1. The van der Waals surface area contributed by atoms with Crippen LogP contribution in [0.4, 0.5) is 5.69 Å². The van der Waals surface area contributed by atoms with Crippen molar-refractivity contribution in [2.75, 3.05) is 30.9 Å². The van der Waals surface area contributed by atoms with Gasteiger partial charge in [0.1, 0.15) is 0 Å². The fourth-order valence-electron chi connectivity index (χ4n) is 2.48. The fraction of sp³-hybridized carbons (Fsp3) is 0.357. The summed E-state index contributed by atoms with van der Waals surface area (Å²) in [4.78, 5) is 4.42. The SMILES string of the molecule is Cc1cc(NS(=O)(=O)N2CCNCC2)c2ccccc2n1. The lowest BCUT2D eigenvalue weighted by atomic mass is 10.2. The maximum atomic E-state index is 12.5. The summed E-state index contributed by atoms with van der Waals surface area (Å²) in [5, 5.41) is 3.95. The van der Waals surface area contributed by atoms with Crippen LogP contribution in [0.3, 0.4) is 0 Å². The van der Waals surface area contributed by atoms with Crippen molar-refractivity contribution in [1.82, 2.24) is 14.6 Å². The molecule has 0 amide bonds. The highest BCUT2D eigenvalue weighted by Crippen LogP contribution is 2.24. The van der Waals surface area contributed by atoms with Gasteiger partial charge < -0.3 is 5.32 Å². The largest absolute Gasteiger partial charge is 0.314 e. The van der Waals surface area contributed by atoms with Gasteiger partial charge in [0.05, 0.1) is 11.2 Å². The number of pyridine rings is 1. The first-order valence-electron chi connectivity index (χ1n) is 6.91. The van der Waals surface area contributed by atoms with E-state index in [0.29, 0.717) is 31.9 Å². The van der Waals surface area contributed by atoms with Gasteiger partial charge in [-0.2, -0.15) is 12.7 Å². The quantitative estimate of drug-likeness (QED) is 0.891. The number of para-hydroxylation sites is 1. The van der Waals surface area contributed by atoms with E-state index in [-0.39, 0.29) is 0 Å². The summed E-state index contributed by atoms with van der Waals surface area (Å²) in [6.45, 7) is 4.18. The maximum Gasteiger partial charge on any atom is 0.301 e. The van der Waals surface area contributed by atoms with E-state index in [1.54, 1.807) is 6.07 Å². The minimum atomic E-state index is -3.53. The Hall–Kier alpha value is -1.70. The zero-order chi connectivity index (χ0) is 14.9. The van der Waals surface area contributed by atoms with Crippen molar-refractivity contribution >= 4 is 26.8 Å². The molecular weight excluding hydrogens is 288 g/mol. The molecular formula is C14H18N4O2S. The van der Waals surface area contributed by atoms with Crippen molar-refractivity contribution in [3.8, 4) is 0 Å². The first-order chi connectivity index (χ1) is 10.1. The van der Waals surface area contributed by atoms with E-state index in [1.165, 1.54) is 4.31 Å². The molecule has 0 atom stereocenters. The molecule has 0 radical (unpaired) electrons. The van der Waals surface area contributed by atoms with E-state index >= 15 is 0 Å². The summed E-state index contributed by atoms with van der Waals surface area (Å²) in [6, 6.07) is 9.29. The van der Waals surface area contributed by atoms with Gasteiger partial charge in [-0.15, -0.1) is 0 Å². The lowest BCUT2D eigenvalue weighted by molar-refractivity contribution is 0.362. The van der Waals surface area contributed by atoms with Gasteiger partial charge in [-0.1, -0.05) is 18.2 Å². The van der Waals surface area contributed by atoms with Crippen molar-refractivity contribution in [3.05, 3.63) is 36.0 Å². The van der Waals surface area contributed by atoms with Gasteiger partial charge in [0.15, 0.2) is 0 Å². The van der Waals surface area contributed by atoms with Crippen molar-refractivity contribution in [2.24, 2.45) is 0 Å². The monoisotopic (exact) mass is 306 g/mol. The molecule has 21 heavy (non-hydrogen) atoms. The summed E-state index contributed by atoms with van der Waals surface area (Å²) >= 11 is 0. The van der Waals surface area contributed by atoms with Crippen LogP contribution < -0.4 is 10.0 Å². The van der Waals surface area contributed by atoms with Crippen molar-refractivity contribution in [3.63, 3.8) is 0 Å². The van der Waals surface area contributed by atoms with E-state index in [0.717, 1.165) is 16.6 Å². The molecule has 112 valence electrons. The molecule has 2 N–H and O–H groups in total. The van der Waals surface area contributed by atoms with Crippen LogP contribution in [-0.4, -0.2) is 43.9 Å². The van der Waals surface area contributed by atoms with E-state index in [2.05, 4.69) is 15.0 Å². The second kappa shape index (κ2) is 5.59. The Balaban J connectivity index is 1.97. The number of nitrogens with zero attached hydrogens (tertiary/aromatic N) is 2. The highest BCUT2D eigenvalue weighted by molar-refractivity contribution is 7.90. The average Bonchev–Trinajstić information content (AvgIpc) is 2.47. The standard InChI is InChI=1S/C14H18N4O2S/c1-11-10-14(12-4-2-3-5-13(12)16-11)17-21(19,20)18-8-6-15-7-9-18/h2-5,10,15H,6-9H2,1H3,(H,16,17). The van der Waals surface area contributed by atoms with Crippen LogP contribution in [0.25, 0.3) is 10.9 Å². The number of aryl methyl sites for hydroxylation is 1. The molecule has 1 aromatic carbocycles. The zero-order valence-electron chi connectivity index (χ0n) is 11.8. The lowest BCUT2D eigenvalue weighted by Gasteiger charge is -2.27. The molecule has 0 aliphatic carbocycles. The normalized spacial score (nSPS) is 17.0. The molecule has 0 spiro atoms. The molecule has 1 saturated heterocycles. The number of fused-ring (bicyclic) bond motifs is 1. The van der Waals surface area contributed by atoms with Gasteiger partial charge in [0, 0.05) is 37.3 Å². The van der Waals surface area contributed by atoms with E-state index in [1.807, 2.05) is 31.2 Å². The van der Waals surface area contributed by atoms with Gasteiger partial charge in [0.25, 0.3) is 0 Å². The Bertz CT molecular complexity index is 755. The van der Waals surface area contributed by atoms with Gasteiger partial charge in [-0.05, 0) is 19.1 Å². The minimum absolute atomic E-state index is 0.483. The Morgan fingerprint density at radius 3 is 2.71 bits per heavy atom. The highest BCUT2D eigenvalue weighted by atomic mass is 32.2. The molecule has 3 rings (SSSR count). The van der Waals surface area contributed by atoms with Crippen LogP contribution in [0, 0.1) is 6.92 Å². The lowest BCUT2D eigenvalue weighted by Crippen LogP contribution is -2.48. The third-order valence-corrected chi connectivity index (χ3v) is 5.02. The van der Waals surface area contributed by atoms with Gasteiger partial charge >= 0.3 is 10.2 Å². The number of rotatable bonds is 3. The number of hydrogen-bond donors (Lipinski definition) is 2. The molecule has 1 aromatic heterocycles. The molecule has 0 saturated carbocycles. The van der Waals surface area contributed by atoms with Gasteiger partial charge in [-0.3, -0.25) is 9.71 Å². The molecule has 7 heteroatoms. The Morgan fingerprint density at radius 2 is 1.95 bits per heavy atom. The number of piperazine rings is 1. The fourth-order valence-corrected chi connectivity index (χ4v) is 3.72. The molecule has 6 nitrogen and oxygen atoms in total. The van der Waals surface area contributed by atoms with Gasteiger partial charge in [0.2, 0.25) is 0 Å². The number of aromatic nitrogens is 1. The third-order valence-electron chi connectivity index (χ3n) is 3.50. The molecule has 0 bridgehead atoms. The zero-order valence-corrected chi connectivity index (χ0v) is 12.7. The molecule has 1 aliphatic heterocycles. The molecule has 2 heterocycles.